The third-order valence-electron chi connectivity index (χ3n) is 10.9. The molecule has 0 unspecified atom stereocenters. The number of fused-ring (bicyclic) bond motifs is 6. The molecule has 0 atom stereocenters. The summed E-state index contributed by atoms with van der Waals surface area (Å²) in [6.45, 7) is 0. The monoisotopic (exact) mass is 739 g/mol. The molecule has 270 valence electrons. The second-order valence-electron chi connectivity index (χ2n) is 14.5. The number of hydrogen-bond donors (Lipinski definition) is 0. The molecule has 11 rings (SSSR count). The van der Waals surface area contributed by atoms with Crippen molar-refractivity contribution in [3.63, 3.8) is 0 Å². The van der Waals surface area contributed by atoms with Gasteiger partial charge in [-0.3, -0.25) is 4.98 Å². The number of rotatable bonds is 6. The van der Waals surface area contributed by atoms with Crippen molar-refractivity contribution in [1.82, 2.24) is 24.9 Å². The van der Waals surface area contributed by atoms with Crippen LogP contribution in [0.2, 0.25) is 0 Å². The van der Waals surface area contributed by atoms with Crippen molar-refractivity contribution < 1.29 is 0 Å². The van der Waals surface area contributed by atoms with Crippen molar-refractivity contribution in [2.75, 3.05) is 0 Å². The molecule has 0 bridgehead atoms. The molecule has 0 amide bonds. The van der Waals surface area contributed by atoms with E-state index in [-0.39, 0.29) is 0 Å². The summed E-state index contributed by atoms with van der Waals surface area (Å²) in [5.41, 5.74) is 10.9. The van der Waals surface area contributed by atoms with Crippen molar-refractivity contribution in [3.05, 3.63) is 200 Å². The molecular formula is C53H33N5. The molecule has 0 N–H and O–H groups in total. The maximum absolute atomic E-state index is 5.21. The second kappa shape index (κ2) is 14.0. The first-order valence-corrected chi connectivity index (χ1v) is 19.4. The number of nitrogens with zero attached hydrogens (tertiary/aromatic N) is 5. The molecule has 11 aromatic rings. The number of aromatic nitrogens is 5. The van der Waals surface area contributed by atoms with Crippen LogP contribution in [0.1, 0.15) is 0 Å². The van der Waals surface area contributed by atoms with Gasteiger partial charge < -0.3 is 0 Å². The van der Waals surface area contributed by atoms with E-state index in [0.717, 1.165) is 82.8 Å². The number of benzene rings is 8. The van der Waals surface area contributed by atoms with Gasteiger partial charge in [0.1, 0.15) is 0 Å². The zero-order valence-corrected chi connectivity index (χ0v) is 31.3. The second-order valence-corrected chi connectivity index (χ2v) is 14.5. The molecule has 0 saturated carbocycles. The van der Waals surface area contributed by atoms with Crippen LogP contribution in [-0.2, 0) is 0 Å². The average Bonchev–Trinajstić information content (AvgIpc) is 3.31. The van der Waals surface area contributed by atoms with Gasteiger partial charge in [0, 0.05) is 55.6 Å². The minimum atomic E-state index is 0.597. The lowest BCUT2D eigenvalue weighted by Gasteiger charge is -2.16. The normalized spacial score (nSPS) is 11.4. The summed E-state index contributed by atoms with van der Waals surface area (Å²) < 4.78 is 0. The predicted octanol–water partition coefficient (Wildman–Crippen LogP) is 13.3. The van der Waals surface area contributed by atoms with Crippen LogP contribution in [0.5, 0.6) is 0 Å². The van der Waals surface area contributed by atoms with E-state index in [1.807, 2.05) is 79.0 Å². The standard InChI is InChI=1S/C53H33N5/c1-4-15-35(16-5-1)50-46-29-28-43-41(24-13-26-44(43)48(46)45-23-10-11-27-47(45)55-50)38-31-39(42-25-12-21-34-22-14-30-54-49(34)42)33-40(32-38)53-57-51(36-17-6-2-7-18-36)56-52(58-53)37-19-8-3-9-20-37/h1-33H. The Morgan fingerprint density at radius 3 is 1.57 bits per heavy atom. The zero-order valence-electron chi connectivity index (χ0n) is 31.3. The van der Waals surface area contributed by atoms with Crippen molar-refractivity contribution in [2.45, 2.75) is 0 Å². The molecule has 0 spiro atoms. The third-order valence-corrected chi connectivity index (χ3v) is 10.9. The molecule has 5 heteroatoms. The van der Waals surface area contributed by atoms with Crippen LogP contribution < -0.4 is 0 Å². The Bertz CT molecular complexity index is 3270. The molecule has 0 saturated heterocycles. The van der Waals surface area contributed by atoms with Crippen LogP contribution in [0, 0.1) is 0 Å². The SMILES string of the molecule is c1ccc(-c2nc(-c3ccccc3)nc(-c3cc(-c4cccc5c4ccc4c(-c6ccccc6)nc6ccccc6c45)cc(-c4cccc5cccnc45)c3)n2)cc1. The maximum Gasteiger partial charge on any atom is 0.164 e. The maximum atomic E-state index is 5.21. The predicted molar refractivity (Wildman–Crippen MR) is 238 cm³/mol. The van der Waals surface area contributed by atoms with Gasteiger partial charge >= 0.3 is 0 Å². The van der Waals surface area contributed by atoms with Gasteiger partial charge in [-0.25, -0.2) is 19.9 Å². The summed E-state index contributed by atoms with van der Waals surface area (Å²) >= 11 is 0. The Morgan fingerprint density at radius 1 is 0.310 bits per heavy atom. The summed E-state index contributed by atoms with van der Waals surface area (Å²) in [5, 5.41) is 6.84. The van der Waals surface area contributed by atoms with Crippen LogP contribution in [0.3, 0.4) is 0 Å². The Labute approximate surface area is 335 Å². The highest BCUT2D eigenvalue weighted by molar-refractivity contribution is 6.24. The minimum Gasteiger partial charge on any atom is -0.256 e. The van der Waals surface area contributed by atoms with Crippen molar-refractivity contribution in [1.29, 1.82) is 0 Å². The van der Waals surface area contributed by atoms with E-state index < -0.39 is 0 Å². The van der Waals surface area contributed by atoms with Crippen LogP contribution in [0.25, 0.3) is 111 Å². The topological polar surface area (TPSA) is 64.5 Å². The highest BCUT2D eigenvalue weighted by atomic mass is 15.0. The number of pyridine rings is 2. The molecule has 0 aliphatic heterocycles. The van der Waals surface area contributed by atoms with Crippen LogP contribution >= 0.6 is 0 Å². The fourth-order valence-electron chi connectivity index (χ4n) is 8.22. The van der Waals surface area contributed by atoms with E-state index in [1.54, 1.807) is 0 Å². The minimum absolute atomic E-state index is 0.597. The lowest BCUT2D eigenvalue weighted by atomic mass is 9.89. The quantitative estimate of drug-likeness (QED) is 0.159. The van der Waals surface area contributed by atoms with Gasteiger partial charge in [-0.1, -0.05) is 164 Å². The molecule has 0 fully saturated rings. The molecule has 3 aromatic heterocycles. The van der Waals surface area contributed by atoms with E-state index >= 15 is 0 Å². The highest BCUT2D eigenvalue weighted by Gasteiger charge is 2.19. The summed E-state index contributed by atoms with van der Waals surface area (Å²) in [7, 11) is 0. The number of para-hydroxylation sites is 2. The lowest BCUT2D eigenvalue weighted by Crippen LogP contribution is -2.00. The molecule has 58 heavy (non-hydrogen) atoms. The zero-order chi connectivity index (χ0) is 38.4. The largest absolute Gasteiger partial charge is 0.256 e. The Kier molecular flexibility index (Phi) is 8.07. The first kappa shape index (κ1) is 33.4. The van der Waals surface area contributed by atoms with Crippen LogP contribution in [0.4, 0.5) is 0 Å². The Balaban J connectivity index is 1.19. The van der Waals surface area contributed by atoms with Crippen LogP contribution in [0.15, 0.2) is 200 Å². The van der Waals surface area contributed by atoms with E-state index in [1.165, 1.54) is 10.8 Å². The fraction of sp³-hybridized carbons (Fsp3) is 0. The van der Waals surface area contributed by atoms with Crippen molar-refractivity contribution >= 4 is 43.4 Å². The lowest BCUT2D eigenvalue weighted by molar-refractivity contribution is 1.07. The summed E-state index contributed by atoms with van der Waals surface area (Å²) in [6.07, 6.45) is 1.86. The Hall–Kier alpha value is -7.89. The van der Waals surface area contributed by atoms with E-state index in [4.69, 9.17) is 24.9 Å². The first-order chi connectivity index (χ1) is 28.7. The molecular weight excluding hydrogens is 707 g/mol. The van der Waals surface area contributed by atoms with Gasteiger partial charge in [0.05, 0.1) is 16.7 Å². The molecule has 5 nitrogen and oxygen atoms in total. The average molecular weight is 740 g/mol. The van der Waals surface area contributed by atoms with Crippen LogP contribution in [-0.4, -0.2) is 24.9 Å². The van der Waals surface area contributed by atoms with Gasteiger partial charge in [-0.05, 0) is 57.8 Å². The van der Waals surface area contributed by atoms with Crippen molar-refractivity contribution in [3.8, 4) is 67.7 Å². The van der Waals surface area contributed by atoms with Gasteiger partial charge in [-0.15, -0.1) is 0 Å². The van der Waals surface area contributed by atoms with E-state index in [9.17, 15) is 0 Å². The van der Waals surface area contributed by atoms with Gasteiger partial charge in [0.15, 0.2) is 17.5 Å². The third kappa shape index (κ3) is 5.85. The fourth-order valence-corrected chi connectivity index (χ4v) is 8.22. The van der Waals surface area contributed by atoms with E-state index in [2.05, 4.69) is 121 Å². The van der Waals surface area contributed by atoms with Gasteiger partial charge in [0.2, 0.25) is 0 Å². The molecule has 8 aromatic carbocycles. The summed E-state index contributed by atoms with van der Waals surface area (Å²) in [6, 6.07) is 67.5. The van der Waals surface area contributed by atoms with Gasteiger partial charge in [0.25, 0.3) is 0 Å². The molecule has 0 aliphatic rings. The smallest absolute Gasteiger partial charge is 0.164 e. The molecule has 0 aliphatic carbocycles. The van der Waals surface area contributed by atoms with E-state index in [0.29, 0.717) is 17.5 Å². The number of hydrogen-bond acceptors (Lipinski definition) is 5. The first-order valence-electron chi connectivity index (χ1n) is 19.4. The summed E-state index contributed by atoms with van der Waals surface area (Å²) in [5.74, 6) is 1.84. The van der Waals surface area contributed by atoms with Crippen molar-refractivity contribution in [2.24, 2.45) is 0 Å². The van der Waals surface area contributed by atoms with Gasteiger partial charge in [-0.2, -0.15) is 0 Å². The molecule has 3 heterocycles. The Morgan fingerprint density at radius 2 is 0.845 bits per heavy atom. The summed E-state index contributed by atoms with van der Waals surface area (Å²) in [4.78, 5) is 25.4. The molecule has 0 radical (unpaired) electrons. The highest BCUT2D eigenvalue weighted by Crippen LogP contribution is 2.42.